The van der Waals surface area contributed by atoms with Crippen molar-refractivity contribution in [3.05, 3.63) is 70.3 Å². The number of para-hydroxylation sites is 1. The van der Waals surface area contributed by atoms with Crippen LogP contribution < -0.4 is 19.9 Å². The number of nitrogens with zero attached hydrogens (tertiary/aromatic N) is 3. The molecule has 8 nitrogen and oxygen atoms in total. The molecule has 0 spiro atoms. The van der Waals surface area contributed by atoms with Crippen molar-refractivity contribution in [2.45, 2.75) is 23.2 Å². The summed E-state index contributed by atoms with van der Waals surface area (Å²) in [4.78, 5) is 14.1. The van der Waals surface area contributed by atoms with Gasteiger partial charge in [0.2, 0.25) is 10.0 Å². The van der Waals surface area contributed by atoms with Crippen molar-refractivity contribution in [1.82, 2.24) is 14.5 Å². The molecule has 0 radical (unpaired) electrons. The highest BCUT2D eigenvalue weighted by Gasteiger charge is 2.28. The van der Waals surface area contributed by atoms with Crippen molar-refractivity contribution >= 4 is 27.2 Å². The molecule has 1 fully saturated rings. The summed E-state index contributed by atoms with van der Waals surface area (Å²) in [5, 5.41) is 6.18. The summed E-state index contributed by atoms with van der Waals surface area (Å²) in [5.41, 5.74) is -0.204. The van der Waals surface area contributed by atoms with Crippen LogP contribution in [0.4, 0.5) is 5.82 Å². The Balaban J connectivity index is 1.37. The molecule has 0 bridgehead atoms. The van der Waals surface area contributed by atoms with Crippen LogP contribution in [-0.4, -0.2) is 43.9 Å². The maximum Gasteiger partial charge on any atom is 0.266 e. The van der Waals surface area contributed by atoms with E-state index in [9.17, 15) is 13.2 Å². The fraction of sp³-hybridized carbons (Fsp3) is 0.300. The molecule has 1 atom stereocenters. The third-order valence-electron chi connectivity index (χ3n) is 4.76. The Labute approximate surface area is 178 Å². The van der Waals surface area contributed by atoms with Gasteiger partial charge in [-0.3, -0.25) is 4.79 Å². The van der Waals surface area contributed by atoms with Gasteiger partial charge in [0, 0.05) is 25.2 Å². The van der Waals surface area contributed by atoms with Crippen molar-refractivity contribution in [3.8, 4) is 5.75 Å². The van der Waals surface area contributed by atoms with E-state index in [-0.39, 0.29) is 11.6 Å². The van der Waals surface area contributed by atoms with Crippen LogP contribution in [0.25, 0.3) is 0 Å². The summed E-state index contributed by atoms with van der Waals surface area (Å²) < 4.78 is 35.0. The lowest BCUT2D eigenvalue weighted by Crippen LogP contribution is -2.37. The molecule has 1 unspecified atom stereocenters. The Morgan fingerprint density at radius 1 is 1.13 bits per heavy atom. The van der Waals surface area contributed by atoms with Crippen LogP contribution in [0.2, 0.25) is 0 Å². The summed E-state index contributed by atoms with van der Waals surface area (Å²) in [5.74, 6) is 1.38. The minimum atomic E-state index is -3.51. The maximum atomic E-state index is 12.4. The number of thiophene rings is 1. The zero-order valence-corrected chi connectivity index (χ0v) is 17.8. The lowest BCUT2D eigenvalue weighted by atomic mass is 10.3. The second kappa shape index (κ2) is 8.99. The van der Waals surface area contributed by atoms with Gasteiger partial charge < -0.3 is 9.64 Å². The fourth-order valence-corrected chi connectivity index (χ4v) is 5.56. The molecule has 0 amide bonds. The summed E-state index contributed by atoms with van der Waals surface area (Å²) in [7, 11) is -3.51. The molecular weight excluding hydrogens is 424 g/mol. The molecule has 1 aromatic carbocycles. The van der Waals surface area contributed by atoms with Gasteiger partial charge >= 0.3 is 0 Å². The number of rotatable bonds is 8. The fourth-order valence-electron chi connectivity index (χ4n) is 3.29. The second-order valence-electron chi connectivity index (χ2n) is 6.90. The summed E-state index contributed by atoms with van der Waals surface area (Å²) in [6.07, 6.45) is 0.669. The average molecular weight is 447 g/mol. The third kappa shape index (κ3) is 4.89. The Kier molecular flexibility index (Phi) is 6.16. The van der Waals surface area contributed by atoms with E-state index in [0.717, 1.165) is 5.75 Å². The summed E-state index contributed by atoms with van der Waals surface area (Å²) in [6, 6.07) is 15.6. The Bertz CT molecular complexity index is 1130. The van der Waals surface area contributed by atoms with Crippen LogP contribution in [0.3, 0.4) is 0 Å². The van der Waals surface area contributed by atoms with Gasteiger partial charge in [-0.1, -0.05) is 24.3 Å². The van der Waals surface area contributed by atoms with Gasteiger partial charge in [-0.15, -0.1) is 11.3 Å². The highest BCUT2D eigenvalue weighted by Crippen LogP contribution is 2.21. The zero-order valence-electron chi connectivity index (χ0n) is 16.2. The van der Waals surface area contributed by atoms with Gasteiger partial charge in [0.15, 0.2) is 0 Å². The predicted molar refractivity (Wildman–Crippen MR) is 116 cm³/mol. The molecule has 3 heterocycles. The first-order valence-corrected chi connectivity index (χ1v) is 11.9. The zero-order chi connectivity index (χ0) is 21.0. The van der Waals surface area contributed by atoms with E-state index < -0.39 is 10.0 Å². The van der Waals surface area contributed by atoms with Crippen molar-refractivity contribution in [1.29, 1.82) is 0 Å². The molecule has 0 aliphatic carbocycles. The third-order valence-corrected chi connectivity index (χ3v) is 7.68. The molecule has 1 aliphatic heterocycles. The molecule has 30 heavy (non-hydrogen) atoms. The van der Waals surface area contributed by atoms with E-state index in [4.69, 9.17) is 4.74 Å². The molecule has 1 N–H and O–H groups in total. The van der Waals surface area contributed by atoms with E-state index in [1.54, 1.807) is 23.6 Å². The molecule has 2 aromatic heterocycles. The molecular formula is C20H22N4O4S2. The first-order chi connectivity index (χ1) is 14.5. The van der Waals surface area contributed by atoms with E-state index in [1.165, 1.54) is 22.1 Å². The number of hydrogen-bond donors (Lipinski definition) is 1. The Morgan fingerprint density at radius 2 is 1.97 bits per heavy atom. The number of hydrogen-bond acceptors (Lipinski definition) is 7. The van der Waals surface area contributed by atoms with Gasteiger partial charge in [0.25, 0.3) is 5.56 Å². The van der Waals surface area contributed by atoms with Gasteiger partial charge in [-0.25, -0.2) is 17.8 Å². The molecule has 1 saturated heterocycles. The second-order valence-corrected chi connectivity index (χ2v) is 9.79. The monoisotopic (exact) mass is 446 g/mol. The van der Waals surface area contributed by atoms with Gasteiger partial charge in [0.05, 0.1) is 6.54 Å². The molecule has 1 aliphatic rings. The minimum Gasteiger partial charge on any atom is -0.492 e. The number of anilines is 1. The largest absolute Gasteiger partial charge is 0.492 e. The summed E-state index contributed by atoms with van der Waals surface area (Å²) >= 11 is 1.19. The highest BCUT2D eigenvalue weighted by atomic mass is 32.2. The van der Waals surface area contributed by atoms with Crippen LogP contribution in [0, 0.1) is 0 Å². The quantitative estimate of drug-likeness (QED) is 0.568. The van der Waals surface area contributed by atoms with Crippen LogP contribution in [0.5, 0.6) is 5.75 Å². The molecule has 4 rings (SSSR count). The number of nitrogens with one attached hydrogen (secondary N) is 1. The minimum absolute atomic E-state index is 0.204. The Hall–Kier alpha value is -2.69. The van der Waals surface area contributed by atoms with Crippen LogP contribution in [0.1, 0.15) is 6.42 Å². The topological polar surface area (TPSA) is 93.5 Å². The number of sulfonamides is 1. The van der Waals surface area contributed by atoms with Crippen molar-refractivity contribution in [3.63, 3.8) is 0 Å². The van der Waals surface area contributed by atoms with Gasteiger partial charge in [0.1, 0.15) is 22.4 Å². The van der Waals surface area contributed by atoms with Crippen LogP contribution in [0.15, 0.2) is 69.0 Å². The first-order valence-electron chi connectivity index (χ1n) is 9.58. The average Bonchev–Trinajstić information content (AvgIpc) is 3.43. The van der Waals surface area contributed by atoms with E-state index in [0.29, 0.717) is 42.7 Å². The SMILES string of the molecule is O=c1ccc(N2CCC(NS(=O)(=O)c3cccs3)C2)nn1CCOc1ccccc1. The Morgan fingerprint density at radius 3 is 2.73 bits per heavy atom. The van der Waals surface area contributed by atoms with Crippen LogP contribution >= 0.6 is 11.3 Å². The van der Waals surface area contributed by atoms with E-state index in [2.05, 4.69) is 9.82 Å². The summed E-state index contributed by atoms with van der Waals surface area (Å²) in [6.45, 7) is 1.80. The number of benzene rings is 1. The predicted octanol–water partition coefficient (Wildman–Crippen LogP) is 1.94. The van der Waals surface area contributed by atoms with Crippen molar-refractivity contribution < 1.29 is 13.2 Å². The highest BCUT2D eigenvalue weighted by molar-refractivity contribution is 7.91. The van der Waals surface area contributed by atoms with Gasteiger partial charge in [-0.2, -0.15) is 5.10 Å². The lowest BCUT2D eigenvalue weighted by Gasteiger charge is -2.18. The van der Waals surface area contributed by atoms with E-state index in [1.807, 2.05) is 35.2 Å². The van der Waals surface area contributed by atoms with Crippen LogP contribution in [-0.2, 0) is 16.6 Å². The van der Waals surface area contributed by atoms with Crippen molar-refractivity contribution in [2.24, 2.45) is 0 Å². The smallest absolute Gasteiger partial charge is 0.266 e. The van der Waals surface area contributed by atoms with E-state index >= 15 is 0 Å². The molecule has 10 heteroatoms. The van der Waals surface area contributed by atoms with Crippen molar-refractivity contribution in [2.75, 3.05) is 24.6 Å². The maximum absolute atomic E-state index is 12.4. The number of ether oxygens (including phenoxy) is 1. The lowest BCUT2D eigenvalue weighted by molar-refractivity contribution is 0.288. The standard InChI is InChI=1S/C20H22N4O4S2/c25-19-9-8-18(21-24(19)12-13-28-17-5-2-1-3-6-17)23-11-10-16(15-23)22-30(26,27)20-7-4-14-29-20/h1-9,14,16,22H,10-13,15H2. The molecule has 3 aromatic rings. The van der Waals surface area contributed by atoms with Gasteiger partial charge in [-0.05, 0) is 36.1 Å². The molecule has 158 valence electrons. The first kappa shape index (κ1) is 20.6. The number of aromatic nitrogens is 2. The molecule has 0 saturated carbocycles. The normalized spacial score (nSPS) is 16.7.